The maximum atomic E-state index is 11.1. The highest BCUT2D eigenvalue weighted by atomic mass is 16.5. The van der Waals surface area contributed by atoms with Gasteiger partial charge >= 0.3 is 0 Å². The van der Waals surface area contributed by atoms with Gasteiger partial charge in [-0.15, -0.1) is 0 Å². The van der Waals surface area contributed by atoms with Crippen molar-refractivity contribution in [3.05, 3.63) is 23.4 Å². The molecule has 0 bridgehead atoms. The van der Waals surface area contributed by atoms with Crippen LogP contribution in [0.25, 0.3) is 0 Å². The number of ether oxygens (including phenoxy) is 1. The lowest BCUT2D eigenvalue weighted by Crippen LogP contribution is -2.37. The lowest BCUT2D eigenvalue weighted by atomic mass is 10.0. The summed E-state index contributed by atoms with van der Waals surface area (Å²) in [7, 11) is 0. The second-order valence-electron chi connectivity index (χ2n) is 5.51. The molecule has 0 spiro atoms. The van der Waals surface area contributed by atoms with Gasteiger partial charge in [-0.05, 0) is 37.0 Å². The number of rotatable bonds is 3. The highest BCUT2D eigenvalue weighted by Crippen LogP contribution is 2.32. The highest BCUT2D eigenvalue weighted by molar-refractivity contribution is 5.52. The molecule has 3 heterocycles. The molecule has 20 heavy (non-hydrogen) atoms. The largest absolute Gasteiger partial charge is 0.378 e. The quantitative estimate of drug-likeness (QED) is 0.785. The van der Waals surface area contributed by atoms with Crippen LogP contribution in [0.3, 0.4) is 0 Å². The number of nitrogens with zero attached hydrogens (tertiary/aromatic N) is 3. The third-order valence-electron chi connectivity index (χ3n) is 4.20. The predicted octanol–water partition coefficient (Wildman–Crippen LogP) is 1.52. The molecule has 1 amide bonds. The number of anilines is 1. The van der Waals surface area contributed by atoms with E-state index in [1.54, 1.807) is 0 Å². The molecular formula is C15H21N3O2. The second-order valence-corrected chi connectivity index (χ2v) is 5.51. The maximum Gasteiger partial charge on any atom is 0.210 e. The van der Waals surface area contributed by atoms with Gasteiger partial charge in [0, 0.05) is 25.8 Å². The Morgan fingerprint density at radius 3 is 2.85 bits per heavy atom. The fraction of sp³-hybridized carbons (Fsp3) is 0.600. The van der Waals surface area contributed by atoms with E-state index in [1.165, 1.54) is 5.56 Å². The van der Waals surface area contributed by atoms with Crippen molar-refractivity contribution in [3.8, 4) is 0 Å². The van der Waals surface area contributed by atoms with Gasteiger partial charge in [0.05, 0.1) is 19.3 Å². The molecule has 2 aliphatic heterocycles. The molecule has 0 unspecified atom stereocenters. The first-order chi connectivity index (χ1) is 9.79. The Bertz CT molecular complexity index is 486. The Morgan fingerprint density at radius 2 is 2.15 bits per heavy atom. The molecule has 1 aromatic rings. The fourth-order valence-corrected chi connectivity index (χ4v) is 3.15. The molecule has 0 aromatic carbocycles. The summed E-state index contributed by atoms with van der Waals surface area (Å²) in [6.07, 6.45) is 5.01. The average Bonchev–Trinajstić information content (AvgIpc) is 2.96. The minimum absolute atomic E-state index is 0.206. The van der Waals surface area contributed by atoms with E-state index in [0.717, 1.165) is 63.5 Å². The summed E-state index contributed by atoms with van der Waals surface area (Å²) >= 11 is 0. The van der Waals surface area contributed by atoms with E-state index in [1.807, 2.05) is 11.1 Å². The second kappa shape index (κ2) is 5.79. The molecule has 2 saturated heterocycles. The Morgan fingerprint density at radius 1 is 1.35 bits per heavy atom. The molecule has 0 aliphatic carbocycles. The van der Waals surface area contributed by atoms with Crippen LogP contribution in [-0.2, 0) is 9.53 Å². The summed E-state index contributed by atoms with van der Waals surface area (Å²) in [4.78, 5) is 19.9. The van der Waals surface area contributed by atoms with E-state index < -0.39 is 0 Å². The summed E-state index contributed by atoms with van der Waals surface area (Å²) in [6.45, 7) is 6.29. The van der Waals surface area contributed by atoms with Crippen LogP contribution in [0.4, 0.5) is 5.82 Å². The van der Waals surface area contributed by atoms with Crippen molar-refractivity contribution in [3.63, 3.8) is 0 Å². The molecule has 2 fully saturated rings. The van der Waals surface area contributed by atoms with Crippen molar-refractivity contribution in [2.24, 2.45) is 0 Å². The number of aromatic nitrogens is 1. The van der Waals surface area contributed by atoms with E-state index in [0.29, 0.717) is 0 Å². The van der Waals surface area contributed by atoms with Crippen LogP contribution in [0.15, 0.2) is 12.3 Å². The van der Waals surface area contributed by atoms with Crippen LogP contribution in [0, 0.1) is 6.92 Å². The molecular weight excluding hydrogens is 254 g/mol. The van der Waals surface area contributed by atoms with Crippen LogP contribution in [-0.4, -0.2) is 49.1 Å². The Kier molecular flexibility index (Phi) is 3.87. The van der Waals surface area contributed by atoms with E-state index >= 15 is 0 Å². The lowest BCUT2D eigenvalue weighted by molar-refractivity contribution is -0.118. The van der Waals surface area contributed by atoms with Crippen LogP contribution in [0.1, 0.15) is 30.0 Å². The topological polar surface area (TPSA) is 45.7 Å². The number of carbonyl (C=O) groups is 1. The minimum Gasteiger partial charge on any atom is -0.378 e. The number of hydrogen-bond donors (Lipinski definition) is 0. The fourth-order valence-electron chi connectivity index (χ4n) is 3.15. The first-order valence-electron chi connectivity index (χ1n) is 7.30. The molecule has 108 valence electrons. The Labute approximate surface area is 119 Å². The molecule has 1 atom stereocenters. The summed E-state index contributed by atoms with van der Waals surface area (Å²) in [6, 6.07) is 2.39. The van der Waals surface area contributed by atoms with Gasteiger partial charge in [0.25, 0.3) is 0 Å². The van der Waals surface area contributed by atoms with Gasteiger partial charge in [0.15, 0.2) is 0 Å². The Hall–Kier alpha value is -1.62. The van der Waals surface area contributed by atoms with E-state index in [4.69, 9.17) is 4.74 Å². The number of pyridine rings is 1. The van der Waals surface area contributed by atoms with Crippen molar-refractivity contribution in [1.82, 2.24) is 9.88 Å². The van der Waals surface area contributed by atoms with Crippen molar-refractivity contribution in [2.45, 2.75) is 25.8 Å². The van der Waals surface area contributed by atoms with Gasteiger partial charge in [-0.25, -0.2) is 4.98 Å². The summed E-state index contributed by atoms with van der Waals surface area (Å²) in [5, 5.41) is 0. The van der Waals surface area contributed by atoms with Gasteiger partial charge < -0.3 is 14.5 Å². The monoisotopic (exact) mass is 275 g/mol. The van der Waals surface area contributed by atoms with E-state index in [-0.39, 0.29) is 6.04 Å². The average molecular weight is 275 g/mol. The smallest absolute Gasteiger partial charge is 0.210 e. The van der Waals surface area contributed by atoms with Crippen LogP contribution in [0.5, 0.6) is 0 Å². The lowest BCUT2D eigenvalue weighted by Gasteiger charge is -2.29. The first kappa shape index (κ1) is 13.4. The van der Waals surface area contributed by atoms with Crippen LogP contribution >= 0.6 is 0 Å². The first-order valence-corrected chi connectivity index (χ1v) is 7.30. The van der Waals surface area contributed by atoms with Crippen molar-refractivity contribution in [2.75, 3.05) is 37.7 Å². The molecule has 3 rings (SSSR count). The zero-order valence-corrected chi connectivity index (χ0v) is 11.9. The summed E-state index contributed by atoms with van der Waals surface area (Å²) in [5.74, 6) is 1.05. The highest BCUT2D eigenvalue weighted by Gasteiger charge is 2.25. The predicted molar refractivity (Wildman–Crippen MR) is 76.8 cm³/mol. The number of morpholine rings is 1. The molecule has 5 nitrogen and oxygen atoms in total. The zero-order valence-electron chi connectivity index (χ0n) is 11.9. The third-order valence-corrected chi connectivity index (χ3v) is 4.20. The molecule has 2 aliphatic rings. The van der Waals surface area contributed by atoms with Crippen molar-refractivity contribution in [1.29, 1.82) is 0 Å². The number of likely N-dealkylation sites (tertiary alicyclic amines) is 1. The van der Waals surface area contributed by atoms with Gasteiger partial charge in [-0.1, -0.05) is 0 Å². The SMILES string of the molecule is Cc1cc([C@@H]2CCCN2C=O)cnc1N1CCOCC1. The van der Waals surface area contributed by atoms with Gasteiger partial charge in [-0.2, -0.15) is 0 Å². The zero-order chi connectivity index (χ0) is 13.9. The molecule has 0 saturated carbocycles. The Balaban J connectivity index is 1.81. The van der Waals surface area contributed by atoms with Gasteiger partial charge in [-0.3, -0.25) is 4.79 Å². The van der Waals surface area contributed by atoms with Crippen molar-refractivity contribution >= 4 is 12.2 Å². The molecule has 0 N–H and O–H groups in total. The van der Waals surface area contributed by atoms with Crippen LogP contribution < -0.4 is 4.90 Å². The standard InChI is InChI=1S/C15H21N3O2/c1-12-9-13(14-3-2-4-18(14)11-19)10-16-15(12)17-5-7-20-8-6-17/h9-11,14H,2-8H2,1H3/t14-/m0/s1. The maximum absolute atomic E-state index is 11.1. The van der Waals surface area contributed by atoms with Gasteiger partial charge in [0.2, 0.25) is 6.41 Å². The minimum atomic E-state index is 0.206. The van der Waals surface area contributed by atoms with Crippen molar-refractivity contribution < 1.29 is 9.53 Å². The molecule has 1 aromatic heterocycles. The number of aryl methyl sites for hydroxylation is 1. The molecule has 5 heteroatoms. The van der Waals surface area contributed by atoms with E-state index in [9.17, 15) is 4.79 Å². The van der Waals surface area contributed by atoms with Gasteiger partial charge in [0.1, 0.15) is 5.82 Å². The normalized spacial score (nSPS) is 23.1. The van der Waals surface area contributed by atoms with Crippen LogP contribution in [0.2, 0.25) is 0 Å². The third kappa shape index (κ3) is 2.50. The molecule has 0 radical (unpaired) electrons. The van der Waals surface area contributed by atoms with E-state index in [2.05, 4.69) is 22.9 Å². The number of amides is 1. The summed E-state index contributed by atoms with van der Waals surface area (Å²) in [5.41, 5.74) is 2.34. The summed E-state index contributed by atoms with van der Waals surface area (Å²) < 4.78 is 5.38. The number of carbonyl (C=O) groups excluding carboxylic acids is 1. The number of hydrogen-bond acceptors (Lipinski definition) is 4.